The van der Waals surface area contributed by atoms with Crippen LogP contribution >= 0.6 is 0 Å². The lowest BCUT2D eigenvalue weighted by Crippen LogP contribution is -2.37. The summed E-state index contributed by atoms with van der Waals surface area (Å²) in [7, 11) is 0. The van der Waals surface area contributed by atoms with Crippen molar-refractivity contribution in [3.05, 3.63) is 40.9 Å². The molecular weight excluding hydrogens is 416 g/mol. The second-order valence-electron chi connectivity index (χ2n) is 9.48. The van der Waals surface area contributed by atoms with Crippen molar-refractivity contribution >= 4 is 34.2 Å². The highest BCUT2D eigenvalue weighted by molar-refractivity contribution is 5.79. The Balaban J connectivity index is 1.27. The lowest BCUT2D eigenvalue weighted by Gasteiger charge is -2.32. The molecule has 4 aliphatic rings. The van der Waals surface area contributed by atoms with Crippen molar-refractivity contribution in [2.75, 3.05) is 42.1 Å². The number of fused-ring (bicyclic) bond motifs is 5. The van der Waals surface area contributed by atoms with Crippen LogP contribution in [0.5, 0.6) is 0 Å². The number of hydrogen-bond acceptors (Lipinski definition) is 8. The Morgan fingerprint density at radius 3 is 2.52 bits per heavy atom. The molecule has 0 aromatic carbocycles. The van der Waals surface area contributed by atoms with Crippen molar-refractivity contribution in [2.45, 2.75) is 50.6 Å². The van der Waals surface area contributed by atoms with Gasteiger partial charge in [0.25, 0.3) is 5.56 Å². The first-order valence-electron chi connectivity index (χ1n) is 12.1. The number of anilines is 4. The molecule has 0 unspecified atom stereocenters. The zero-order chi connectivity index (χ0) is 22.4. The van der Waals surface area contributed by atoms with Gasteiger partial charge in [0.15, 0.2) is 0 Å². The van der Waals surface area contributed by atoms with Crippen LogP contribution in [0.3, 0.4) is 0 Å². The van der Waals surface area contributed by atoms with Crippen molar-refractivity contribution in [3.8, 4) is 0 Å². The normalized spacial score (nSPS) is 23.2. The summed E-state index contributed by atoms with van der Waals surface area (Å²) in [6, 6.07) is 6.52. The predicted molar refractivity (Wildman–Crippen MR) is 130 cm³/mol. The zero-order valence-electron chi connectivity index (χ0n) is 18.8. The highest BCUT2D eigenvalue weighted by atomic mass is 16.1. The molecule has 6 heterocycles. The summed E-state index contributed by atoms with van der Waals surface area (Å²) in [5, 5.41) is 3.99. The topological polar surface area (TPSA) is 105 Å². The van der Waals surface area contributed by atoms with Gasteiger partial charge in [-0.2, -0.15) is 4.98 Å². The Hall–Kier alpha value is -3.20. The van der Waals surface area contributed by atoms with E-state index in [2.05, 4.69) is 31.2 Å². The van der Waals surface area contributed by atoms with E-state index in [1.165, 1.54) is 31.6 Å². The second kappa shape index (κ2) is 8.30. The van der Waals surface area contributed by atoms with E-state index in [0.717, 1.165) is 44.2 Å². The molecular formula is C24H30N8O. The minimum Gasteiger partial charge on any atom is -0.394 e. The molecule has 3 aromatic heterocycles. The molecule has 0 spiro atoms. The Morgan fingerprint density at radius 2 is 1.76 bits per heavy atom. The summed E-state index contributed by atoms with van der Waals surface area (Å²) in [6.45, 7) is 4.57. The number of nitrogens with zero attached hydrogens (tertiary/aromatic N) is 6. The Morgan fingerprint density at radius 1 is 0.939 bits per heavy atom. The zero-order valence-corrected chi connectivity index (χ0v) is 18.8. The molecule has 33 heavy (non-hydrogen) atoms. The second-order valence-corrected chi connectivity index (χ2v) is 9.48. The molecule has 3 aromatic rings. The van der Waals surface area contributed by atoms with Gasteiger partial charge >= 0.3 is 0 Å². The maximum atomic E-state index is 12.8. The predicted octanol–water partition coefficient (Wildman–Crippen LogP) is 2.91. The Labute approximate surface area is 192 Å². The SMILES string of the molecule is Nc1cc2cnc(Nc3ccc(N4CCN5CCC4CC5)cn3)nc2n(C2CCCC2)c1=O. The largest absolute Gasteiger partial charge is 0.394 e. The van der Waals surface area contributed by atoms with Gasteiger partial charge in [-0.3, -0.25) is 9.36 Å². The fourth-order valence-corrected chi connectivity index (χ4v) is 5.67. The van der Waals surface area contributed by atoms with Gasteiger partial charge in [-0.25, -0.2) is 9.97 Å². The number of pyridine rings is 2. The molecule has 2 bridgehead atoms. The molecule has 9 nitrogen and oxygen atoms in total. The molecule has 3 saturated heterocycles. The lowest BCUT2D eigenvalue weighted by atomic mass is 10.0. The molecule has 0 atom stereocenters. The van der Waals surface area contributed by atoms with E-state index >= 15 is 0 Å². The van der Waals surface area contributed by atoms with Crippen molar-refractivity contribution < 1.29 is 0 Å². The summed E-state index contributed by atoms with van der Waals surface area (Å²) >= 11 is 0. The van der Waals surface area contributed by atoms with Gasteiger partial charge in [0.05, 0.1) is 17.6 Å². The summed E-state index contributed by atoms with van der Waals surface area (Å²) in [4.78, 5) is 31.7. The minimum absolute atomic E-state index is 0.142. The van der Waals surface area contributed by atoms with Crippen molar-refractivity contribution in [2.24, 2.45) is 0 Å². The van der Waals surface area contributed by atoms with Gasteiger partial charge < -0.3 is 20.9 Å². The fraction of sp³-hybridized carbons (Fsp3) is 0.500. The number of hydrogen-bond donors (Lipinski definition) is 2. The molecule has 172 valence electrons. The summed E-state index contributed by atoms with van der Waals surface area (Å²) in [5.74, 6) is 1.12. The van der Waals surface area contributed by atoms with Crippen LogP contribution in [0.2, 0.25) is 0 Å². The Kier molecular flexibility index (Phi) is 5.13. The molecule has 0 amide bonds. The molecule has 3 N–H and O–H groups in total. The number of rotatable bonds is 4. The van der Waals surface area contributed by atoms with Crippen LogP contribution in [0.15, 0.2) is 35.4 Å². The maximum absolute atomic E-state index is 12.8. The van der Waals surface area contributed by atoms with Gasteiger partial charge in [0.2, 0.25) is 5.95 Å². The first-order valence-corrected chi connectivity index (χ1v) is 12.1. The van der Waals surface area contributed by atoms with Crippen molar-refractivity contribution in [1.29, 1.82) is 0 Å². The van der Waals surface area contributed by atoms with Crippen LogP contribution in [-0.4, -0.2) is 56.6 Å². The molecule has 3 aliphatic heterocycles. The van der Waals surface area contributed by atoms with E-state index in [9.17, 15) is 4.79 Å². The number of piperidine rings is 1. The van der Waals surface area contributed by atoms with E-state index in [4.69, 9.17) is 10.7 Å². The first kappa shape index (κ1) is 20.4. The molecule has 9 heteroatoms. The van der Waals surface area contributed by atoms with Gasteiger partial charge in [-0.05, 0) is 43.9 Å². The van der Waals surface area contributed by atoms with Crippen LogP contribution in [0, 0.1) is 0 Å². The first-order chi connectivity index (χ1) is 16.2. The number of nitrogen functional groups attached to an aromatic ring is 1. The molecule has 4 fully saturated rings. The monoisotopic (exact) mass is 446 g/mol. The van der Waals surface area contributed by atoms with Crippen LogP contribution in [0.25, 0.3) is 11.0 Å². The number of nitrogens with two attached hydrogens (primary N) is 1. The van der Waals surface area contributed by atoms with Gasteiger partial charge in [0, 0.05) is 49.8 Å². The van der Waals surface area contributed by atoms with Crippen LogP contribution in [0.4, 0.5) is 23.1 Å². The minimum atomic E-state index is -0.163. The van der Waals surface area contributed by atoms with Crippen LogP contribution in [0.1, 0.15) is 44.6 Å². The molecule has 1 saturated carbocycles. The third-order valence-electron chi connectivity index (χ3n) is 7.47. The third kappa shape index (κ3) is 3.80. The van der Waals surface area contributed by atoms with Gasteiger partial charge in [-0.1, -0.05) is 12.8 Å². The average molecular weight is 447 g/mol. The standard InChI is InChI=1S/C24H30N8O/c25-20-13-16-14-27-24(29-22(16)32(23(20)33)18-3-1-2-4-18)28-21-6-5-19(15-26-21)31-12-11-30-9-7-17(31)8-10-30/h5-6,13-15,17-18H,1-4,7-12,25H2,(H,26,27,28,29). The van der Waals surface area contributed by atoms with Crippen molar-refractivity contribution in [3.63, 3.8) is 0 Å². The highest BCUT2D eigenvalue weighted by Crippen LogP contribution is 2.31. The maximum Gasteiger partial charge on any atom is 0.275 e. The molecule has 7 rings (SSSR count). The van der Waals surface area contributed by atoms with Gasteiger partial charge in [0.1, 0.15) is 11.5 Å². The molecule has 0 radical (unpaired) electrons. The lowest BCUT2D eigenvalue weighted by molar-refractivity contribution is 0.250. The van der Waals surface area contributed by atoms with E-state index < -0.39 is 0 Å². The summed E-state index contributed by atoms with van der Waals surface area (Å²) in [6.07, 6.45) is 10.3. The van der Waals surface area contributed by atoms with E-state index in [-0.39, 0.29) is 17.3 Å². The fourth-order valence-electron chi connectivity index (χ4n) is 5.67. The van der Waals surface area contributed by atoms with Crippen molar-refractivity contribution in [1.82, 2.24) is 24.4 Å². The van der Waals surface area contributed by atoms with Crippen LogP contribution < -0.4 is 21.5 Å². The highest BCUT2D eigenvalue weighted by Gasteiger charge is 2.29. The quantitative estimate of drug-likeness (QED) is 0.630. The average Bonchev–Trinajstić information content (AvgIpc) is 3.20. The van der Waals surface area contributed by atoms with E-state index in [1.807, 2.05) is 12.3 Å². The summed E-state index contributed by atoms with van der Waals surface area (Å²) < 4.78 is 1.77. The molecule has 1 aliphatic carbocycles. The van der Waals surface area contributed by atoms with E-state index in [1.54, 1.807) is 16.8 Å². The Bertz CT molecular complexity index is 1210. The number of nitrogens with one attached hydrogen (secondary N) is 1. The third-order valence-corrected chi connectivity index (χ3v) is 7.47. The van der Waals surface area contributed by atoms with Gasteiger partial charge in [-0.15, -0.1) is 0 Å². The van der Waals surface area contributed by atoms with E-state index in [0.29, 0.717) is 23.5 Å². The summed E-state index contributed by atoms with van der Waals surface area (Å²) in [5.41, 5.74) is 7.88. The van der Waals surface area contributed by atoms with Crippen LogP contribution in [-0.2, 0) is 0 Å². The smallest absolute Gasteiger partial charge is 0.275 e. The number of aromatic nitrogens is 4.